The first kappa shape index (κ1) is 12.5. The molecule has 98 valence electrons. The Morgan fingerprint density at radius 3 is 2.50 bits per heavy atom. The van der Waals surface area contributed by atoms with E-state index in [2.05, 4.69) is 62.2 Å². The summed E-state index contributed by atoms with van der Waals surface area (Å²) in [5.74, 6) is 0. The molecule has 0 unspecified atom stereocenters. The van der Waals surface area contributed by atoms with Crippen molar-refractivity contribution in [2.24, 2.45) is 0 Å². The quantitative estimate of drug-likeness (QED) is 0.557. The van der Waals surface area contributed by atoms with E-state index in [1.807, 2.05) is 29.0 Å². The number of rotatable bonds is 2. The first-order chi connectivity index (χ1) is 9.75. The number of hydrogen-bond acceptors (Lipinski definition) is 0. The smallest absolute Gasteiger partial charge is 0.147 e. The van der Waals surface area contributed by atoms with Crippen molar-refractivity contribution < 1.29 is 4.58 Å². The standard InChI is InChI=1S/C19H17N/c1-15-11-12-17(16-8-4-3-5-9-16)14-18(15)19-10-6-7-13-20(19)2/h3-14H,2H2,1H3. The molecule has 0 radical (unpaired) electrons. The molecule has 1 nitrogen and oxygen atoms in total. The molecule has 0 bridgehead atoms. The topological polar surface area (TPSA) is 3.01 Å². The molecule has 0 atom stereocenters. The highest BCUT2D eigenvalue weighted by atomic mass is 15.0. The largest absolute Gasteiger partial charge is 0.255 e. The molecule has 0 N–H and O–H groups in total. The predicted molar refractivity (Wildman–Crippen MR) is 84.6 cm³/mol. The van der Waals surface area contributed by atoms with E-state index < -0.39 is 0 Å². The highest BCUT2D eigenvalue weighted by Gasteiger charge is 2.16. The van der Waals surface area contributed by atoms with Crippen molar-refractivity contribution in [3.8, 4) is 11.1 Å². The van der Waals surface area contributed by atoms with Crippen molar-refractivity contribution in [1.82, 2.24) is 0 Å². The van der Waals surface area contributed by atoms with Crippen molar-refractivity contribution in [2.75, 3.05) is 0 Å². The van der Waals surface area contributed by atoms with E-state index in [1.165, 1.54) is 22.3 Å². The molecule has 1 heterocycles. The Labute approximate surface area is 120 Å². The SMILES string of the molecule is C=[N+]1C=CC=C[C-]1c1cc(-c2ccccc2)ccc1C. The third kappa shape index (κ3) is 2.30. The van der Waals surface area contributed by atoms with Gasteiger partial charge in [-0.3, -0.25) is 4.58 Å². The second-order valence-corrected chi connectivity index (χ2v) is 4.95. The molecule has 0 fully saturated rings. The molecule has 1 heteroatoms. The van der Waals surface area contributed by atoms with Crippen molar-refractivity contribution in [2.45, 2.75) is 6.92 Å². The van der Waals surface area contributed by atoms with Crippen LogP contribution in [-0.4, -0.2) is 11.3 Å². The van der Waals surface area contributed by atoms with Crippen molar-refractivity contribution in [1.29, 1.82) is 0 Å². The lowest BCUT2D eigenvalue weighted by Crippen LogP contribution is -2.14. The molecule has 0 aromatic heterocycles. The van der Waals surface area contributed by atoms with Gasteiger partial charge < -0.3 is 0 Å². The summed E-state index contributed by atoms with van der Waals surface area (Å²) in [5.41, 5.74) is 4.95. The Kier molecular flexibility index (Phi) is 3.26. The van der Waals surface area contributed by atoms with Gasteiger partial charge in [0.05, 0.1) is 6.72 Å². The van der Waals surface area contributed by atoms with Crippen molar-refractivity contribution in [3.63, 3.8) is 0 Å². The van der Waals surface area contributed by atoms with Crippen LogP contribution in [0, 0.1) is 13.0 Å². The van der Waals surface area contributed by atoms with E-state index >= 15 is 0 Å². The number of benzene rings is 2. The van der Waals surface area contributed by atoms with Gasteiger partial charge in [0.25, 0.3) is 0 Å². The van der Waals surface area contributed by atoms with Crippen molar-refractivity contribution in [3.05, 3.63) is 90.1 Å². The zero-order valence-corrected chi connectivity index (χ0v) is 11.6. The van der Waals surface area contributed by atoms with Gasteiger partial charge in [0.15, 0.2) is 0 Å². The fourth-order valence-corrected chi connectivity index (χ4v) is 2.43. The van der Waals surface area contributed by atoms with Gasteiger partial charge in [-0.2, -0.15) is 0 Å². The summed E-state index contributed by atoms with van der Waals surface area (Å²) in [4.78, 5) is 0. The van der Waals surface area contributed by atoms with E-state index in [0.29, 0.717) is 0 Å². The summed E-state index contributed by atoms with van der Waals surface area (Å²) in [6.07, 6.45) is 8.12. The molecule has 2 aromatic rings. The minimum absolute atomic E-state index is 1.13. The minimum Gasteiger partial charge on any atom is -0.255 e. The zero-order chi connectivity index (χ0) is 13.9. The van der Waals surface area contributed by atoms with Crippen LogP contribution in [0.4, 0.5) is 0 Å². The van der Waals surface area contributed by atoms with Crippen LogP contribution in [0.3, 0.4) is 0 Å². The number of allylic oxidation sites excluding steroid dienone is 2. The lowest BCUT2D eigenvalue weighted by Gasteiger charge is -2.20. The second kappa shape index (κ2) is 5.22. The summed E-state index contributed by atoms with van der Waals surface area (Å²) < 4.78 is 1.91. The van der Waals surface area contributed by atoms with Gasteiger partial charge >= 0.3 is 0 Å². The normalized spacial score (nSPS) is 13.8. The fourth-order valence-electron chi connectivity index (χ4n) is 2.43. The molecule has 2 aromatic carbocycles. The van der Waals surface area contributed by atoms with Gasteiger partial charge in [0.1, 0.15) is 12.2 Å². The summed E-state index contributed by atoms with van der Waals surface area (Å²) >= 11 is 0. The van der Waals surface area contributed by atoms with Gasteiger partial charge in [-0.1, -0.05) is 67.1 Å². The second-order valence-electron chi connectivity index (χ2n) is 4.95. The molecule has 0 saturated carbocycles. The Hall–Kier alpha value is -2.54. The molecule has 20 heavy (non-hydrogen) atoms. The van der Waals surface area contributed by atoms with Crippen LogP contribution < -0.4 is 0 Å². The van der Waals surface area contributed by atoms with Crippen molar-refractivity contribution >= 4 is 6.72 Å². The summed E-state index contributed by atoms with van der Waals surface area (Å²) in [6, 6.07) is 18.2. The van der Waals surface area contributed by atoms with Gasteiger partial charge in [-0.05, 0) is 22.8 Å². The van der Waals surface area contributed by atoms with Crippen LogP contribution in [0.15, 0.2) is 73.0 Å². The maximum atomic E-state index is 4.06. The molecule has 1 aliphatic rings. The Bertz CT molecular complexity index is 693. The Morgan fingerprint density at radius 1 is 0.950 bits per heavy atom. The predicted octanol–water partition coefficient (Wildman–Crippen LogP) is 4.34. The first-order valence-corrected chi connectivity index (χ1v) is 6.74. The minimum atomic E-state index is 1.13. The third-order valence-electron chi connectivity index (χ3n) is 3.56. The van der Waals surface area contributed by atoms with Gasteiger partial charge in [-0.15, -0.1) is 6.08 Å². The van der Waals surface area contributed by atoms with Crippen LogP contribution in [0.2, 0.25) is 0 Å². The summed E-state index contributed by atoms with van der Waals surface area (Å²) in [5, 5.41) is 0. The number of nitrogens with zero attached hydrogens (tertiary/aromatic N) is 1. The average molecular weight is 259 g/mol. The highest BCUT2D eigenvalue weighted by molar-refractivity contribution is 5.66. The van der Waals surface area contributed by atoms with Gasteiger partial charge in [-0.25, -0.2) is 0 Å². The van der Waals surface area contributed by atoms with Crippen LogP contribution >= 0.6 is 0 Å². The molecule has 3 rings (SSSR count). The van der Waals surface area contributed by atoms with Crippen LogP contribution in [-0.2, 0) is 0 Å². The number of hydrogen-bond donors (Lipinski definition) is 0. The average Bonchev–Trinajstić information content (AvgIpc) is 2.49. The summed E-state index contributed by atoms with van der Waals surface area (Å²) in [7, 11) is 0. The van der Waals surface area contributed by atoms with E-state index in [9.17, 15) is 0 Å². The molecule has 0 saturated heterocycles. The lowest BCUT2D eigenvalue weighted by molar-refractivity contribution is -0.417. The highest BCUT2D eigenvalue weighted by Crippen LogP contribution is 2.28. The Morgan fingerprint density at radius 2 is 1.75 bits per heavy atom. The molecule has 0 spiro atoms. The van der Waals surface area contributed by atoms with E-state index in [-0.39, 0.29) is 0 Å². The van der Waals surface area contributed by atoms with E-state index in [1.54, 1.807) is 0 Å². The van der Waals surface area contributed by atoms with E-state index in [0.717, 1.165) is 6.04 Å². The Balaban J connectivity index is 2.06. The van der Waals surface area contributed by atoms with Crippen LogP contribution in [0.5, 0.6) is 0 Å². The van der Waals surface area contributed by atoms with Gasteiger partial charge in [0, 0.05) is 0 Å². The lowest BCUT2D eigenvalue weighted by atomic mass is 9.94. The third-order valence-corrected chi connectivity index (χ3v) is 3.56. The van der Waals surface area contributed by atoms with Gasteiger partial charge in [0.2, 0.25) is 0 Å². The fraction of sp³-hybridized carbons (Fsp3) is 0.0526. The van der Waals surface area contributed by atoms with E-state index in [4.69, 9.17) is 0 Å². The molecule has 1 aliphatic heterocycles. The maximum absolute atomic E-state index is 4.06. The molecule has 0 aliphatic carbocycles. The van der Waals surface area contributed by atoms with Crippen LogP contribution in [0.1, 0.15) is 11.1 Å². The molecule has 0 amide bonds. The van der Waals surface area contributed by atoms with Crippen LogP contribution in [0.25, 0.3) is 11.1 Å². The first-order valence-electron chi connectivity index (χ1n) is 6.74. The monoisotopic (exact) mass is 259 g/mol. The molecular formula is C19H17N. The summed E-state index contributed by atoms with van der Waals surface area (Å²) in [6.45, 7) is 6.19. The number of aryl methyl sites for hydroxylation is 1. The maximum Gasteiger partial charge on any atom is 0.147 e. The zero-order valence-electron chi connectivity index (χ0n) is 11.6. The molecular weight excluding hydrogens is 242 g/mol.